The first-order valence-corrected chi connectivity index (χ1v) is 4.83. The van der Waals surface area contributed by atoms with Crippen LogP contribution in [0.2, 0.25) is 0 Å². The number of aromatic hydroxyl groups is 1. The van der Waals surface area contributed by atoms with Gasteiger partial charge in [-0.05, 0) is 24.6 Å². The first kappa shape index (κ1) is 11.4. The summed E-state index contributed by atoms with van der Waals surface area (Å²) >= 11 is 0. The molecule has 0 spiro atoms. The molecule has 0 atom stereocenters. The van der Waals surface area contributed by atoms with Crippen LogP contribution in [0.4, 0.5) is 14.6 Å². The first-order valence-electron chi connectivity index (χ1n) is 4.83. The highest BCUT2D eigenvalue weighted by Gasteiger charge is 2.17. The van der Waals surface area contributed by atoms with Crippen LogP contribution in [0, 0.1) is 6.92 Å². The largest absolute Gasteiger partial charge is 0.507 e. The van der Waals surface area contributed by atoms with Crippen LogP contribution in [-0.2, 0) is 0 Å². The molecule has 1 heterocycles. The maximum Gasteiger partial charge on any atom is 0.267 e. The number of aromatic nitrogens is 1. The SMILES string of the molecule is Cc1cc(-c2cc(N)no2)cc(C(F)F)c1O. The van der Waals surface area contributed by atoms with Crippen LogP contribution >= 0.6 is 0 Å². The number of phenols is 1. The Labute approximate surface area is 95.6 Å². The van der Waals surface area contributed by atoms with E-state index in [1.165, 1.54) is 19.1 Å². The number of benzene rings is 1. The van der Waals surface area contributed by atoms with E-state index in [1.807, 2.05) is 0 Å². The number of nitrogen functional groups attached to an aromatic ring is 1. The van der Waals surface area contributed by atoms with Gasteiger partial charge < -0.3 is 15.4 Å². The second-order valence-electron chi connectivity index (χ2n) is 3.65. The van der Waals surface area contributed by atoms with E-state index in [1.54, 1.807) is 0 Å². The smallest absolute Gasteiger partial charge is 0.267 e. The predicted molar refractivity (Wildman–Crippen MR) is 57.7 cm³/mol. The lowest BCUT2D eigenvalue weighted by atomic mass is 10.0. The van der Waals surface area contributed by atoms with Crippen LogP contribution in [0.25, 0.3) is 11.3 Å². The van der Waals surface area contributed by atoms with Crippen molar-refractivity contribution in [1.29, 1.82) is 0 Å². The minimum absolute atomic E-state index is 0.171. The Kier molecular flexibility index (Phi) is 2.71. The van der Waals surface area contributed by atoms with Gasteiger partial charge in [0.15, 0.2) is 11.6 Å². The van der Waals surface area contributed by atoms with Crippen molar-refractivity contribution >= 4 is 5.82 Å². The Bertz CT molecular complexity index is 552. The molecule has 0 aliphatic heterocycles. The van der Waals surface area contributed by atoms with E-state index in [-0.39, 0.29) is 11.6 Å². The van der Waals surface area contributed by atoms with E-state index in [9.17, 15) is 13.9 Å². The minimum atomic E-state index is -2.76. The second kappa shape index (κ2) is 4.04. The van der Waals surface area contributed by atoms with Crippen molar-refractivity contribution in [3.8, 4) is 17.1 Å². The zero-order valence-corrected chi connectivity index (χ0v) is 8.95. The van der Waals surface area contributed by atoms with Crippen molar-refractivity contribution in [3.05, 3.63) is 29.3 Å². The molecule has 0 aliphatic carbocycles. The molecule has 0 fully saturated rings. The maximum absolute atomic E-state index is 12.7. The number of phenolic OH excluding ortho intramolecular Hbond substituents is 1. The lowest BCUT2D eigenvalue weighted by molar-refractivity contribution is 0.147. The van der Waals surface area contributed by atoms with Crippen molar-refractivity contribution < 1.29 is 18.4 Å². The molecule has 0 bridgehead atoms. The lowest BCUT2D eigenvalue weighted by Gasteiger charge is -2.08. The standard InChI is InChI=1S/C11H10F2N2O2/c1-5-2-6(8-4-9(14)15-17-8)3-7(10(5)16)11(12)13/h2-4,11,16H,1H3,(H2,14,15). The molecule has 90 valence electrons. The summed E-state index contributed by atoms with van der Waals surface area (Å²) in [7, 11) is 0. The number of hydrogen-bond donors (Lipinski definition) is 2. The van der Waals surface area contributed by atoms with Crippen molar-refractivity contribution in [2.45, 2.75) is 13.3 Å². The predicted octanol–water partition coefficient (Wildman–Crippen LogP) is 2.88. The van der Waals surface area contributed by atoms with Gasteiger partial charge in [-0.3, -0.25) is 0 Å². The molecular weight excluding hydrogens is 230 g/mol. The highest BCUT2D eigenvalue weighted by atomic mass is 19.3. The summed E-state index contributed by atoms with van der Waals surface area (Å²) in [5, 5.41) is 13.0. The molecule has 0 amide bonds. The third kappa shape index (κ3) is 2.06. The van der Waals surface area contributed by atoms with E-state index in [0.717, 1.165) is 6.07 Å². The van der Waals surface area contributed by atoms with Gasteiger partial charge in [0, 0.05) is 11.6 Å². The molecular formula is C11H10F2N2O2. The number of rotatable bonds is 2. The molecule has 3 N–H and O–H groups in total. The van der Waals surface area contributed by atoms with Gasteiger partial charge in [0.2, 0.25) is 0 Å². The first-order chi connectivity index (χ1) is 7.99. The fourth-order valence-corrected chi connectivity index (χ4v) is 1.54. The van der Waals surface area contributed by atoms with Gasteiger partial charge in [-0.2, -0.15) is 0 Å². The minimum Gasteiger partial charge on any atom is -0.507 e. The van der Waals surface area contributed by atoms with Gasteiger partial charge in [0.25, 0.3) is 6.43 Å². The number of nitrogens with zero attached hydrogens (tertiary/aromatic N) is 1. The summed E-state index contributed by atoms with van der Waals surface area (Å²) in [6, 6.07) is 4.12. The fourth-order valence-electron chi connectivity index (χ4n) is 1.54. The van der Waals surface area contributed by atoms with Gasteiger partial charge in [0.1, 0.15) is 5.75 Å². The molecule has 6 heteroatoms. The van der Waals surface area contributed by atoms with Gasteiger partial charge in [-0.25, -0.2) is 8.78 Å². The number of aryl methyl sites for hydroxylation is 1. The van der Waals surface area contributed by atoms with Crippen LogP contribution in [0.3, 0.4) is 0 Å². The molecule has 4 nitrogen and oxygen atoms in total. The van der Waals surface area contributed by atoms with Gasteiger partial charge in [-0.1, -0.05) is 5.16 Å². The fraction of sp³-hybridized carbons (Fsp3) is 0.182. The van der Waals surface area contributed by atoms with E-state index in [0.29, 0.717) is 11.1 Å². The van der Waals surface area contributed by atoms with Crippen LogP contribution in [0.1, 0.15) is 17.6 Å². The summed E-state index contributed by atoms with van der Waals surface area (Å²) in [6.07, 6.45) is -2.76. The average molecular weight is 240 g/mol. The summed E-state index contributed by atoms with van der Waals surface area (Å²) in [6.45, 7) is 1.53. The molecule has 1 aromatic carbocycles. The Hall–Kier alpha value is -2.11. The van der Waals surface area contributed by atoms with Crippen LogP contribution in [0.5, 0.6) is 5.75 Å². The van der Waals surface area contributed by atoms with Crippen molar-refractivity contribution in [2.75, 3.05) is 5.73 Å². The maximum atomic E-state index is 12.7. The Morgan fingerprint density at radius 2 is 2.06 bits per heavy atom. The normalized spacial score (nSPS) is 11.1. The quantitative estimate of drug-likeness (QED) is 0.846. The topological polar surface area (TPSA) is 72.3 Å². The van der Waals surface area contributed by atoms with Crippen molar-refractivity contribution in [1.82, 2.24) is 5.16 Å². The molecule has 1 aromatic heterocycles. The number of alkyl halides is 2. The zero-order valence-electron chi connectivity index (χ0n) is 8.95. The van der Waals surface area contributed by atoms with Gasteiger partial charge in [-0.15, -0.1) is 0 Å². The van der Waals surface area contributed by atoms with Gasteiger partial charge in [0.05, 0.1) is 5.56 Å². The van der Waals surface area contributed by atoms with E-state index in [4.69, 9.17) is 10.3 Å². The Morgan fingerprint density at radius 3 is 2.59 bits per heavy atom. The van der Waals surface area contributed by atoms with Crippen molar-refractivity contribution in [3.63, 3.8) is 0 Å². The van der Waals surface area contributed by atoms with Crippen LogP contribution < -0.4 is 5.73 Å². The summed E-state index contributed by atoms with van der Waals surface area (Å²) in [5.41, 5.74) is 5.69. The number of hydrogen-bond acceptors (Lipinski definition) is 4. The lowest BCUT2D eigenvalue weighted by Crippen LogP contribution is -1.90. The third-order valence-corrected chi connectivity index (χ3v) is 2.38. The highest BCUT2D eigenvalue weighted by molar-refractivity contribution is 5.64. The molecule has 2 rings (SSSR count). The summed E-state index contributed by atoms with van der Waals surface area (Å²) in [4.78, 5) is 0. The van der Waals surface area contributed by atoms with Crippen LogP contribution in [-0.4, -0.2) is 10.3 Å². The molecule has 0 unspecified atom stereocenters. The van der Waals surface area contributed by atoms with E-state index < -0.39 is 17.7 Å². The molecule has 0 aliphatic rings. The molecule has 0 radical (unpaired) electrons. The monoisotopic (exact) mass is 240 g/mol. The second-order valence-corrected chi connectivity index (χ2v) is 3.65. The molecule has 2 aromatic rings. The number of nitrogens with two attached hydrogens (primary N) is 1. The Morgan fingerprint density at radius 1 is 1.35 bits per heavy atom. The average Bonchev–Trinajstić information content (AvgIpc) is 2.68. The third-order valence-electron chi connectivity index (χ3n) is 2.38. The van der Waals surface area contributed by atoms with E-state index in [2.05, 4.69) is 5.16 Å². The Balaban J connectivity index is 2.56. The summed E-state index contributed by atoms with van der Waals surface area (Å²) in [5.74, 6) is 0.0491. The van der Waals surface area contributed by atoms with E-state index >= 15 is 0 Å². The van der Waals surface area contributed by atoms with Gasteiger partial charge >= 0.3 is 0 Å². The zero-order chi connectivity index (χ0) is 12.6. The molecule has 0 saturated carbocycles. The molecule has 17 heavy (non-hydrogen) atoms. The van der Waals surface area contributed by atoms with Crippen LogP contribution in [0.15, 0.2) is 22.7 Å². The highest BCUT2D eigenvalue weighted by Crippen LogP contribution is 2.35. The number of halogens is 2. The number of anilines is 1. The molecule has 0 saturated heterocycles. The van der Waals surface area contributed by atoms with Crippen molar-refractivity contribution in [2.24, 2.45) is 0 Å². The summed E-state index contributed by atoms with van der Waals surface area (Å²) < 4.78 is 30.2.